The van der Waals surface area contributed by atoms with Gasteiger partial charge in [0.25, 0.3) is 0 Å². The Morgan fingerprint density at radius 1 is 1.05 bits per heavy atom. The SMILES string of the molecule is CO[C@H](c1ccccc1)[C@H]1CCN(C)Cc2ccccc21. The van der Waals surface area contributed by atoms with Crippen molar-refractivity contribution in [3.05, 3.63) is 71.3 Å². The van der Waals surface area contributed by atoms with Crippen LogP contribution in [0.4, 0.5) is 0 Å². The Balaban J connectivity index is 2.00. The largest absolute Gasteiger partial charge is 0.376 e. The third-order valence-corrected chi connectivity index (χ3v) is 4.46. The fraction of sp³-hybridized carbons (Fsp3) is 0.368. The highest BCUT2D eigenvalue weighted by atomic mass is 16.5. The van der Waals surface area contributed by atoms with Crippen molar-refractivity contribution in [2.24, 2.45) is 0 Å². The molecule has 0 saturated carbocycles. The summed E-state index contributed by atoms with van der Waals surface area (Å²) in [5.74, 6) is 0.415. The van der Waals surface area contributed by atoms with E-state index in [2.05, 4.69) is 66.5 Å². The second-order valence-corrected chi connectivity index (χ2v) is 5.90. The van der Waals surface area contributed by atoms with Gasteiger partial charge in [-0.25, -0.2) is 0 Å². The molecule has 0 spiro atoms. The molecule has 2 heteroatoms. The van der Waals surface area contributed by atoms with Crippen molar-refractivity contribution in [1.82, 2.24) is 4.90 Å². The Morgan fingerprint density at radius 3 is 2.52 bits per heavy atom. The summed E-state index contributed by atoms with van der Waals surface area (Å²) in [6.45, 7) is 2.13. The summed E-state index contributed by atoms with van der Waals surface area (Å²) in [6.07, 6.45) is 1.25. The predicted molar refractivity (Wildman–Crippen MR) is 86.3 cm³/mol. The van der Waals surface area contributed by atoms with Gasteiger partial charge in [-0.1, -0.05) is 54.6 Å². The van der Waals surface area contributed by atoms with E-state index in [1.54, 1.807) is 0 Å². The molecule has 3 rings (SSSR count). The number of nitrogens with zero attached hydrogens (tertiary/aromatic N) is 1. The summed E-state index contributed by atoms with van der Waals surface area (Å²) in [5, 5.41) is 0. The van der Waals surface area contributed by atoms with Gasteiger partial charge in [0, 0.05) is 19.6 Å². The minimum atomic E-state index is 0.124. The van der Waals surface area contributed by atoms with E-state index in [0.717, 1.165) is 19.5 Å². The highest BCUT2D eigenvalue weighted by Gasteiger charge is 2.28. The van der Waals surface area contributed by atoms with Crippen molar-refractivity contribution in [2.75, 3.05) is 20.7 Å². The molecule has 21 heavy (non-hydrogen) atoms. The van der Waals surface area contributed by atoms with Crippen LogP contribution in [0.1, 0.15) is 35.1 Å². The average Bonchev–Trinajstić information content (AvgIpc) is 2.69. The first kappa shape index (κ1) is 14.3. The van der Waals surface area contributed by atoms with E-state index in [9.17, 15) is 0 Å². The van der Waals surface area contributed by atoms with Gasteiger partial charge >= 0.3 is 0 Å². The second-order valence-electron chi connectivity index (χ2n) is 5.90. The second kappa shape index (κ2) is 6.42. The molecule has 110 valence electrons. The first-order valence-corrected chi connectivity index (χ1v) is 7.63. The molecule has 2 aromatic carbocycles. The first-order chi connectivity index (χ1) is 10.3. The van der Waals surface area contributed by atoms with Crippen LogP contribution in [0.25, 0.3) is 0 Å². The topological polar surface area (TPSA) is 12.5 Å². The van der Waals surface area contributed by atoms with Gasteiger partial charge in [0.15, 0.2) is 0 Å². The van der Waals surface area contributed by atoms with Crippen molar-refractivity contribution >= 4 is 0 Å². The van der Waals surface area contributed by atoms with Crippen molar-refractivity contribution in [1.29, 1.82) is 0 Å². The Kier molecular flexibility index (Phi) is 4.37. The molecule has 1 aliphatic rings. The van der Waals surface area contributed by atoms with E-state index in [1.807, 2.05) is 7.11 Å². The molecule has 1 heterocycles. The number of ether oxygens (including phenoxy) is 1. The summed E-state index contributed by atoms with van der Waals surface area (Å²) in [6, 6.07) is 19.4. The Hall–Kier alpha value is -1.64. The molecule has 2 aromatic rings. The molecule has 2 nitrogen and oxygen atoms in total. The van der Waals surface area contributed by atoms with Crippen molar-refractivity contribution in [3.63, 3.8) is 0 Å². The van der Waals surface area contributed by atoms with Crippen LogP contribution in [-0.2, 0) is 11.3 Å². The van der Waals surface area contributed by atoms with Gasteiger partial charge in [0.05, 0.1) is 6.10 Å². The van der Waals surface area contributed by atoms with Crippen molar-refractivity contribution in [2.45, 2.75) is 25.0 Å². The van der Waals surface area contributed by atoms with Gasteiger partial charge in [-0.3, -0.25) is 0 Å². The van der Waals surface area contributed by atoms with Gasteiger partial charge in [0.1, 0.15) is 0 Å². The lowest BCUT2D eigenvalue weighted by Gasteiger charge is -2.27. The Morgan fingerprint density at radius 2 is 1.76 bits per heavy atom. The van der Waals surface area contributed by atoms with Crippen LogP contribution < -0.4 is 0 Å². The highest BCUT2D eigenvalue weighted by molar-refractivity contribution is 5.34. The van der Waals surface area contributed by atoms with E-state index < -0.39 is 0 Å². The lowest BCUT2D eigenvalue weighted by atomic mass is 9.85. The Labute approximate surface area is 127 Å². The molecule has 0 radical (unpaired) electrons. The van der Waals surface area contributed by atoms with Crippen LogP contribution in [0, 0.1) is 0 Å². The van der Waals surface area contributed by atoms with Gasteiger partial charge < -0.3 is 9.64 Å². The molecule has 0 N–H and O–H groups in total. The molecule has 2 atom stereocenters. The Bertz CT molecular complexity index is 581. The highest BCUT2D eigenvalue weighted by Crippen LogP contribution is 2.39. The van der Waals surface area contributed by atoms with Crippen LogP contribution >= 0.6 is 0 Å². The quantitative estimate of drug-likeness (QED) is 0.843. The molecule has 0 unspecified atom stereocenters. The van der Waals surface area contributed by atoms with Gasteiger partial charge in [-0.15, -0.1) is 0 Å². The minimum absolute atomic E-state index is 0.124. The van der Waals surface area contributed by atoms with Crippen molar-refractivity contribution in [3.8, 4) is 0 Å². The third kappa shape index (κ3) is 3.02. The van der Waals surface area contributed by atoms with Crippen LogP contribution in [0.15, 0.2) is 54.6 Å². The normalized spacial score (nSPS) is 20.6. The van der Waals surface area contributed by atoms with Crippen LogP contribution in [0.3, 0.4) is 0 Å². The number of hydrogen-bond donors (Lipinski definition) is 0. The van der Waals surface area contributed by atoms with Crippen LogP contribution in [0.2, 0.25) is 0 Å². The van der Waals surface area contributed by atoms with E-state index >= 15 is 0 Å². The summed E-state index contributed by atoms with van der Waals surface area (Å²) in [5.41, 5.74) is 4.14. The maximum atomic E-state index is 5.90. The maximum absolute atomic E-state index is 5.90. The lowest BCUT2D eigenvalue weighted by molar-refractivity contribution is 0.0743. The summed E-state index contributed by atoms with van der Waals surface area (Å²) in [4.78, 5) is 2.40. The summed E-state index contributed by atoms with van der Waals surface area (Å²) >= 11 is 0. The molecule has 0 aromatic heterocycles. The molecule has 0 bridgehead atoms. The zero-order valence-corrected chi connectivity index (χ0v) is 12.8. The average molecular weight is 281 g/mol. The van der Waals surface area contributed by atoms with Gasteiger partial charge in [0.2, 0.25) is 0 Å². The molecule has 0 fully saturated rings. The molecule has 1 aliphatic heterocycles. The number of benzene rings is 2. The zero-order valence-electron chi connectivity index (χ0n) is 12.8. The summed E-state index contributed by atoms with van der Waals surface area (Å²) < 4.78 is 5.90. The monoisotopic (exact) mass is 281 g/mol. The van der Waals surface area contributed by atoms with E-state index in [-0.39, 0.29) is 6.10 Å². The van der Waals surface area contributed by atoms with Crippen LogP contribution in [0.5, 0.6) is 0 Å². The minimum Gasteiger partial charge on any atom is -0.376 e. The number of methoxy groups -OCH3 is 1. The third-order valence-electron chi connectivity index (χ3n) is 4.46. The first-order valence-electron chi connectivity index (χ1n) is 7.63. The smallest absolute Gasteiger partial charge is 0.0890 e. The molecule has 0 amide bonds. The standard InChI is InChI=1S/C19H23NO/c1-20-13-12-18(17-11-7-6-10-16(17)14-20)19(21-2)15-8-4-3-5-9-15/h3-11,18-19H,12-14H2,1-2H3/t18-,19+/m0/s1. The number of hydrogen-bond acceptors (Lipinski definition) is 2. The molecular weight excluding hydrogens is 258 g/mol. The maximum Gasteiger partial charge on any atom is 0.0890 e. The van der Waals surface area contributed by atoms with Gasteiger partial charge in [-0.05, 0) is 36.7 Å². The zero-order chi connectivity index (χ0) is 14.7. The fourth-order valence-corrected chi connectivity index (χ4v) is 3.41. The predicted octanol–water partition coefficient (Wildman–Crippen LogP) is 3.99. The summed E-state index contributed by atoms with van der Waals surface area (Å²) in [7, 11) is 4.03. The number of fused-ring (bicyclic) bond motifs is 1. The van der Waals surface area contributed by atoms with E-state index in [4.69, 9.17) is 4.74 Å². The van der Waals surface area contributed by atoms with E-state index in [0.29, 0.717) is 5.92 Å². The number of rotatable bonds is 3. The van der Waals surface area contributed by atoms with Crippen molar-refractivity contribution < 1.29 is 4.74 Å². The van der Waals surface area contributed by atoms with Gasteiger partial charge in [-0.2, -0.15) is 0 Å². The van der Waals surface area contributed by atoms with Crippen LogP contribution in [-0.4, -0.2) is 25.6 Å². The molecular formula is C19H23NO. The fourth-order valence-electron chi connectivity index (χ4n) is 3.41. The lowest BCUT2D eigenvalue weighted by Crippen LogP contribution is -2.19. The molecule has 0 saturated heterocycles. The molecule has 0 aliphatic carbocycles. The van der Waals surface area contributed by atoms with E-state index in [1.165, 1.54) is 16.7 Å².